The highest BCUT2D eigenvalue weighted by molar-refractivity contribution is 6.01. The van der Waals surface area contributed by atoms with E-state index in [-0.39, 0.29) is 11.5 Å². The fourth-order valence-electron chi connectivity index (χ4n) is 3.56. The first-order valence-electron chi connectivity index (χ1n) is 10.1. The Hall–Kier alpha value is -3.79. The normalized spacial score (nSPS) is 11.3. The van der Waals surface area contributed by atoms with Crippen LogP contribution in [0.1, 0.15) is 28.9 Å². The van der Waals surface area contributed by atoms with Crippen LogP contribution in [0.5, 0.6) is 5.75 Å². The summed E-state index contributed by atoms with van der Waals surface area (Å²) in [7, 11) is 3.51. The Morgan fingerprint density at radius 3 is 2.65 bits per heavy atom. The number of nitrogens with zero attached hydrogens (tertiary/aromatic N) is 4. The van der Waals surface area contributed by atoms with Gasteiger partial charge in [-0.05, 0) is 74.2 Å². The second kappa shape index (κ2) is 9.81. The third-order valence-corrected chi connectivity index (χ3v) is 5.15. The maximum atomic E-state index is 12.5. The van der Waals surface area contributed by atoms with Crippen LogP contribution in [-0.2, 0) is 18.3 Å². The molecule has 3 aromatic rings. The van der Waals surface area contributed by atoms with Crippen LogP contribution in [0.25, 0.3) is 11.8 Å². The molecule has 160 valence electrons. The van der Waals surface area contributed by atoms with Crippen molar-refractivity contribution in [2.24, 2.45) is 7.05 Å². The molecule has 31 heavy (non-hydrogen) atoms. The number of hydrogen-bond acceptors (Lipinski definition) is 4. The van der Waals surface area contributed by atoms with E-state index in [2.05, 4.69) is 15.0 Å². The second-order valence-electron chi connectivity index (χ2n) is 7.41. The van der Waals surface area contributed by atoms with Crippen molar-refractivity contribution >= 4 is 12.0 Å². The van der Waals surface area contributed by atoms with Gasteiger partial charge in [-0.2, -0.15) is 10.4 Å². The lowest BCUT2D eigenvalue weighted by Gasteiger charge is -2.10. The molecule has 7 heteroatoms. The van der Waals surface area contributed by atoms with Gasteiger partial charge in [-0.25, -0.2) is 0 Å². The number of aryl methyl sites for hydroxylation is 3. The average molecular weight is 418 g/mol. The summed E-state index contributed by atoms with van der Waals surface area (Å²) in [5.41, 5.74) is 5.03. The Morgan fingerprint density at radius 2 is 2.03 bits per heavy atom. The molecule has 0 aliphatic heterocycles. The summed E-state index contributed by atoms with van der Waals surface area (Å²) in [6.45, 7) is 4.47. The molecule has 1 aromatic carbocycles. The van der Waals surface area contributed by atoms with E-state index in [1.165, 1.54) is 0 Å². The van der Waals surface area contributed by atoms with E-state index in [4.69, 9.17) is 4.74 Å². The molecule has 7 nitrogen and oxygen atoms in total. The maximum absolute atomic E-state index is 12.5. The number of nitrogens with one attached hydrogen (secondary N) is 1. The molecule has 0 unspecified atom stereocenters. The van der Waals surface area contributed by atoms with E-state index in [0.29, 0.717) is 6.54 Å². The highest BCUT2D eigenvalue weighted by atomic mass is 16.5. The van der Waals surface area contributed by atoms with E-state index in [0.717, 1.165) is 46.8 Å². The average Bonchev–Trinajstić information content (AvgIpc) is 3.31. The summed E-state index contributed by atoms with van der Waals surface area (Å²) >= 11 is 0. The van der Waals surface area contributed by atoms with Gasteiger partial charge in [-0.15, -0.1) is 0 Å². The van der Waals surface area contributed by atoms with Crippen LogP contribution in [0.15, 0.2) is 48.3 Å². The van der Waals surface area contributed by atoms with Crippen LogP contribution in [-0.4, -0.2) is 33.9 Å². The smallest absolute Gasteiger partial charge is 0.261 e. The lowest BCUT2D eigenvalue weighted by Crippen LogP contribution is -2.25. The highest BCUT2D eigenvalue weighted by Gasteiger charge is 2.13. The SMILES string of the molecule is COc1ccc(-n2c(C)cc(/C=C(/C#N)C(=O)NCCCc3cnn(C)c3)c2C)cc1. The zero-order valence-electron chi connectivity index (χ0n) is 18.3. The van der Waals surface area contributed by atoms with Gasteiger partial charge in [0.2, 0.25) is 0 Å². The van der Waals surface area contributed by atoms with Crippen molar-refractivity contribution in [2.45, 2.75) is 26.7 Å². The molecule has 3 rings (SSSR count). The molecule has 1 amide bonds. The predicted molar refractivity (Wildman–Crippen MR) is 120 cm³/mol. The number of carbonyl (C=O) groups excluding carboxylic acids is 1. The van der Waals surface area contributed by atoms with Crippen molar-refractivity contribution in [3.8, 4) is 17.5 Å². The van der Waals surface area contributed by atoms with E-state index in [9.17, 15) is 10.1 Å². The van der Waals surface area contributed by atoms with Gasteiger partial charge in [-0.1, -0.05) is 0 Å². The third kappa shape index (κ3) is 5.23. The molecular weight excluding hydrogens is 390 g/mol. The lowest BCUT2D eigenvalue weighted by atomic mass is 10.1. The van der Waals surface area contributed by atoms with Gasteiger partial charge in [-0.3, -0.25) is 9.48 Å². The number of ether oxygens (including phenoxy) is 1. The Morgan fingerprint density at radius 1 is 1.29 bits per heavy atom. The minimum absolute atomic E-state index is 0.0939. The first-order valence-corrected chi connectivity index (χ1v) is 10.1. The van der Waals surface area contributed by atoms with Gasteiger partial charge >= 0.3 is 0 Å². The highest BCUT2D eigenvalue weighted by Crippen LogP contribution is 2.24. The Bertz CT molecular complexity index is 1130. The summed E-state index contributed by atoms with van der Waals surface area (Å²) in [5.74, 6) is 0.432. The van der Waals surface area contributed by atoms with Crippen LogP contribution in [0.4, 0.5) is 0 Å². The predicted octanol–water partition coefficient (Wildman–Crippen LogP) is 3.49. The molecule has 2 aromatic heterocycles. The van der Waals surface area contributed by atoms with Gasteiger partial charge in [0, 0.05) is 36.9 Å². The van der Waals surface area contributed by atoms with Gasteiger partial charge in [0.15, 0.2) is 0 Å². The quantitative estimate of drug-likeness (QED) is 0.345. The Balaban J connectivity index is 1.69. The van der Waals surface area contributed by atoms with Crippen LogP contribution >= 0.6 is 0 Å². The van der Waals surface area contributed by atoms with Gasteiger partial charge in [0.25, 0.3) is 5.91 Å². The minimum atomic E-state index is -0.358. The number of amides is 1. The van der Waals surface area contributed by atoms with Crippen molar-refractivity contribution in [3.63, 3.8) is 0 Å². The molecule has 0 fully saturated rings. The topological polar surface area (TPSA) is 84.9 Å². The van der Waals surface area contributed by atoms with Crippen molar-refractivity contribution < 1.29 is 9.53 Å². The van der Waals surface area contributed by atoms with E-state index in [1.807, 2.05) is 69.7 Å². The maximum Gasteiger partial charge on any atom is 0.261 e. The Kier molecular flexibility index (Phi) is 6.93. The fraction of sp³-hybridized carbons (Fsp3) is 0.292. The van der Waals surface area contributed by atoms with Crippen LogP contribution < -0.4 is 10.1 Å². The molecular formula is C24H27N5O2. The fourth-order valence-corrected chi connectivity index (χ4v) is 3.56. The first-order chi connectivity index (χ1) is 14.9. The zero-order chi connectivity index (χ0) is 22.4. The Labute approximate surface area is 182 Å². The molecule has 0 bridgehead atoms. The number of carbonyl (C=O) groups is 1. The summed E-state index contributed by atoms with van der Waals surface area (Å²) in [6, 6.07) is 11.8. The lowest BCUT2D eigenvalue weighted by molar-refractivity contribution is -0.117. The van der Waals surface area contributed by atoms with Crippen molar-refractivity contribution in [1.82, 2.24) is 19.7 Å². The summed E-state index contributed by atoms with van der Waals surface area (Å²) in [4.78, 5) is 12.5. The molecule has 2 heterocycles. The standard InChI is InChI=1S/C24H27N5O2/c1-17-12-20(18(2)29(17)22-7-9-23(31-4)10-8-22)13-21(14-25)24(30)26-11-5-6-19-15-27-28(3)16-19/h7-10,12-13,15-16H,5-6,11H2,1-4H3,(H,26,30)/b21-13-. The van der Waals surface area contributed by atoms with E-state index >= 15 is 0 Å². The largest absolute Gasteiger partial charge is 0.497 e. The molecule has 0 radical (unpaired) electrons. The zero-order valence-corrected chi connectivity index (χ0v) is 18.3. The summed E-state index contributed by atoms with van der Waals surface area (Å²) < 4.78 is 9.07. The number of hydrogen-bond donors (Lipinski definition) is 1. The van der Waals surface area contributed by atoms with Gasteiger partial charge in [0.05, 0.1) is 13.3 Å². The molecule has 0 saturated heterocycles. The van der Waals surface area contributed by atoms with Gasteiger partial charge < -0.3 is 14.6 Å². The minimum Gasteiger partial charge on any atom is -0.497 e. The summed E-state index contributed by atoms with van der Waals surface area (Å²) in [6.07, 6.45) is 7.03. The van der Waals surface area contributed by atoms with E-state index in [1.54, 1.807) is 17.9 Å². The third-order valence-electron chi connectivity index (χ3n) is 5.15. The number of benzene rings is 1. The molecule has 0 spiro atoms. The molecule has 0 saturated carbocycles. The van der Waals surface area contributed by atoms with Crippen molar-refractivity contribution in [3.05, 3.63) is 70.8 Å². The van der Waals surface area contributed by atoms with Crippen molar-refractivity contribution in [1.29, 1.82) is 5.26 Å². The molecule has 0 aliphatic carbocycles. The van der Waals surface area contributed by atoms with Crippen LogP contribution in [0.2, 0.25) is 0 Å². The monoisotopic (exact) mass is 417 g/mol. The van der Waals surface area contributed by atoms with Crippen LogP contribution in [0, 0.1) is 25.2 Å². The molecule has 0 aliphatic rings. The second-order valence-corrected chi connectivity index (χ2v) is 7.41. The summed E-state index contributed by atoms with van der Waals surface area (Å²) in [5, 5.41) is 16.5. The van der Waals surface area contributed by atoms with Crippen molar-refractivity contribution in [2.75, 3.05) is 13.7 Å². The van der Waals surface area contributed by atoms with E-state index < -0.39 is 0 Å². The van der Waals surface area contributed by atoms with Crippen LogP contribution in [0.3, 0.4) is 0 Å². The first kappa shape index (κ1) is 21.9. The number of rotatable bonds is 8. The van der Waals surface area contributed by atoms with Gasteiger partial charge in [0.1, 0.15) is 17.4 Å². The number of methoxy groups -OCH3 is 1. The number of nitriles is 1. The molecule has 0 atom stereocenters. The number of aromatic nitrogens is 3. The molecule has 1 N–H and O–H groups in total.